The van der Waals surface area contributed by atoms with Gasteiger partial charge in [0.05, 0.1) is 13.4 Å². The number of ether oxygens (including phenoxy) is 1. The van der Waals surface area contributed by atoms with E-state index in [0.717, 1.165) is 22.4 Å². The SMILES string of the molecule is COc1cc(C)c([C@@H](C)NS(C)(=O)=O)cc1C(C)C. The molecule has 0 bridgehead atoms. The van der Waals surface area contributed by atoms with Crippen molar-refractivity contribution in [2.45, 2.75) is 39.7 Å². The molecule has 1 rings (SSSR count). The van der Waals surface area contributed by atoms with Gasteiger partial charge in [0.25, 0.3) is 0 Å². The highest BCUT2D eigenvalue weighted by Crippen LogP contribution is 2.32. The lowest BCUT2D eigenvalue weighted by molar-refractivity contribution is 0.406. The fourth-order valence-corrected chi connectivity index (χ4v) is 2.96. The molecule has 19 heavy (non-hydrogen) atoms. The van der Waals surface area contributed by atoms with Gasteiger partial charge < -0.3 is 4.74 Å². The van der Waals surface area contributed by atoms with Crippen molar-refractivity contribution in [3.8, 4) is 5.75 Å². The van der Waals surface area contributed by atoms with Gasteiger partial charge in [0, 0.05) is 6.04 Å². The van der Waals surface area contributed by atoms with Crippen molar-refractivity contribution >= 4 is 10.0 Å². The maximum Gasteiger partial charge on any atom is 0.209 e. The Morgan fingerprint density at radius 3 is 2.16 bits per heavy atom. The number of benzene rings is 1. The number of hydrogen-bond donors (Lipinski definition) is 1. The molecule has 0 saturated carbocycles. The van der Waals surface area contributed by atoms with Crippen molar-refractivity contribution in [1.82, 2.24) is 4.72 Å². The third kappa shape index (κ3) is 4.21. The zero-order valence-corrected chi connectivity index (χ0v) is 13.3. The predicted molar refractivity (Wildman–Crippen MR) is 78.2 cm³/mol. The molecule has 0 aliphatic rings. The van der Waals surface area contributed by atoms with Gasteiger partial charge in [-0.05, 0) is 48.6 Å². The first-order valence-electron chi connectivity index (χ1n) is 6.31. The van der Waals surface area contributed by atoms with Gasteiger partial charge in [-0.15, -0.1) is 0 Å². The van der Waals surface area contributed by atoms with Crippen LogP contribution in [0.1, 0.15) is 49.4 Å². The average molecular weight is 285 g/mol. The number of rotatable bonds is 5. The molecule has 108 valence electrons. The van der Waals surface area contributed by atoms with Crippen LogP contribution < -0.4 is 9.46 Å². The van der Waals surface area contributed by atoms with Gasteiger partial charge in [0.1, 0.15) is 5.75 Å². The van der Waals surface area contributed by atoms with Crippen LogP contribution in [0.25, 0.3) is 0 Å². The molecule has 1 N–H and O–H groups in total. The zero-order chi connectivity index (χ0) is 14.8. The number of hydrogen-bond acceptors (Lipinski definition) is 3. The summed E-state index contributed by atoms with van der Waals surface area (Å²) in [5, 5.41) is 0. The fraction of sp³-hybridized carbons (Fsp3) is 0.571. The molecule has 0 spiro atoms. The summed E-state index contributed by atoms with van der Waals surface area (Å²) < 4.78 is 30.7. The van der Waals surface area contributed by atoms with Crippen molar-refractivity contribution in [2.24, 2.45) is 0 Å². The molecule has 0 aliphatic heterocycles. The van der Waals surface area contributed by atoms with E-state index in [1.54, 1.807) is 7.11 Å². The fourth-order valence-electron chi connectivity index (χ4n) is 2.19. The smallest absolute Gasteiger partial charge is 0.209 e. The van der Waals surface area contributed by atoms with Crippen LogP contribution in [0.5, 0.6) is 5.75 Å². The first-order chi connectivity index (χ1) is 8.65. The van der Waals surface area contributed by atoms with E-state index in [2.05, 4.69) is 18.6 Å². The van der Waals surface area contributed by atoms with Gasteiger partial charge in [-0.2, -0.15) is 0 Å². The molecule has 0 heterocycles. The summed E-state index contributed by atoms with van der Waals surface area (Å²) in [6.45, 7) is 7.99. The lowest BCUT2D eigenvalue weighted by Gasteiger charge is -2.20. The molecule has 5 heteroatoms. The summed E-state index contributed by atoms with van der Waals surface area (Å²) in [5.74, 6) is 1.17. The molecule has 1 atom stereocenters. The maximum atomic E-state index is 11.3. The number of nitrogens with one attached hydrogen (secondary N) is 1. The minimum Gasteiger partial charge on any atom is -0.496 e. The standard InChI is InChI=1S/C14H23NO3S/c1-9(2)12-8-13(10(3)7-14(12)18-5)11(4)15-19(6,16)17/h7-9,11,15H,1-6H3/t11-/m1/s1. The molecule has 1 aromatic rings. The van der Waals surface area contributed by atoms with Crippen molar-refractivity contribution in [1.29, 1.82) is 0 Å². The van der Waals surface area contributed by atoms with Crippen LogP contribution in [0.2, 0.25) is 0 Å². The second-order valence-electron chi connectivity index (χ2n) is 5.22. The highest BCUT2D eigenvalue weighted by atomic mass is 32.2. The molecule has 1 aromatic carbocycles. The summed E-state index contributed by atoms with van der Waals surface area (Å²) in [4.78, 5) is 0. The highest BCUT2D eigenvalue weighted by molar-refractivity contribution is 7.88. The molecule has 0 saturated heterocycles. The average Bonchev–Trinajstić information content (AvgIpc) is 2.25. The molecule has 0 aromatic heterocycles. The Kier molecular flexibility index (Phi) is 4.98. The van der Waals surface area contributed by atoms with Crippen LogP contribution in [-0.4, -0.2) is 21.8 Å². The van der Waals surface area contributed by atoms with Crippen LogP contribution in [-0.2, 0) is 10.0 Å². The zero-order valence-electron chi connectivity index (χ0n) is 12.4. The van der Waals surface area contributed by atoms with Gasteiger partial charge >= 0.3 is 0 Å². The topological polar surface area (TPSA) is 55.4 Å². The first kappa shape index (κ1) is 16.0. The van der Waals surface area contributed by atoms with Gasteiger partial charge in [0.2, 0.25) is 10.0 Å². The Bertz CT molecular complexity index is 550. The van der Waals surface area contributed by atoms with E-state index in [4.69, 9.17) is 4.74 Å². The number of aryl methyl sites for hydroxylation is 1. The minimum absolute atomic E-state index is 0.251. The quantitative estimate of drug-likeness (QED) is 0.905. The summed E-state index contributed by atoms with van der Waals surface area (Å²) in [6, 6.07) is 3.74. The summed E-state index contributed by atoms with van der Waals surface area (Å²) >= 11 is 0. The van der Waals surface area contributed by atoms with Gasteiger partial charge in [0.15, 0.2) is 0 Å². The Morgan fingerprint density at radius 2 is 1.74 bits per heavy atom. The van der Waals surface area contributed by atoms with Crippen molar-refractivity contribution in [3.63, 3.8) is 0 Å². The van der Waals surface area contributed by atoms with Gasteiger partial charge in [-0.3, -0.25) is 0 Å². The lowest BCUT2D eigenvalue weighted by Crippen LogP contribution is -2.26. The van der Waals surface area contributed by atoms with Crippen LogP contribution in [0.4, 0.5) is 0 Å². The van der Waals surface area contributed by atoms with Crippen molar-refractivity contribution in [3.05, 3.63) is 28.8 Å². The normalized spacial score (nSPS) is 13.6. The van der Waals surface area contributed by atoms with E-state index in [1.807, 2.05) is 26.0 Å². The maximum absolute atomic E-state index is 11.3. The molecule has 0 unspecified atom stereocenters. The number of sulfonamides is 1. The molecule has 0 aliphatic carbocycles. The van der Waals surface area contributed by atoms with Crippen LogP contribution >= 0.6 is 0 Å². The molecule has 4 nitrogen and oxygen atoms in total. The first-order valence-corrected chi connectivity index (χ1v) is 8.20. The van der Waals surface area contributed by atoms with Crippen LogP contribution in [0.15, 0.2) is 12.1 Å². The Balaban J connectivity index is 3.25. The minimum atomic E-state index is -3.22. The molecule has 0 fully saturated rings. The van der Waals surface area contributed by atoms with Crippen molar-refractivity contribution < 1.29 is 13.2 Å². The van der Waals surface area contributed by atoms with E-state index in [9.17, 15) is 8.42 Å². The Morgan fingerprint density at radius 1 is 1.16 bits per heavy atom. The van der Waals surface area contributed by atoms with E-state index < -0.39 is 10.0 Å². The van der Waals surface area contributed by atoms with E-state index in [1.165, 1.54) is 6.26 Å². The van der Waals surface area contributed by atoms with Crippen LogP contribution in [0.3, 0.4) is 0 Å². The molecule has 0 amide bonds. The highest BCUT2D eigenvalue weighted by Gasteiger charge is 2.17. The summed E-state index contributed by atoms with van der Waals surface area (Å²) in [6.07, 6.45) is 1.17. The van der Waals surface area contributed by atoms with E-state index in [-0.39, 0.29) is 6.04 Å². The second-order valence-corrected chi connectivity index (χ2v) is 7.00. The third-order valence-electron chi connectivity index (χ3n) is 3.10. The summed E-state index contributed by atoms with van der Waals surface area (Å²) in [5.41, 5.74) is 3.09. The molecular weight excluding hydrogens is 262 g/mol. The van der Waals surface area contributed by atoms with Crippen molar-refractivity contribution in [2.75, 3.05) is 13.4 Å². The lowest BCUT2D eigenvalue weighted by atomic mass is 9.94. The predicted octanol–water partition coefficient (Wildman–Crippen LogP) is 2.74. The Labute approximate surface area is 116 Å². The van der Waals surface area contributed by atoms with Gasteiger partial charge in [-0.1, -0.05) is 13.8 Å². The van der Waals surface area contributed by atoms with E-state index >= 15 is 0 Å². The molecule has 0 radical (unpaired) electrons. The van der Waals surface area contributed by atoms with Crippen LogP contribution in [0, 0.1) is 6.92 Å². The Hall–Kier alpha value is -1.07. The van der Waals surface area contributed by atoms with Gasteiger partial charge in [-0.25, -0.2) is 13.1 Å². The summed E-state index contributed by atoms with van der Waals surface area (Å²) in [7, 11) is -1.57. The number of methoxy groups -OCH3 is 1. The molecular formula is C14H23NO3S. The van der Waals surface area contributed by atoms with E-state index in [0.29, 0.717) is 5.92 Å². The largest absolute Gasteiger partial charge is 0.496 e. The second kappa shape index (κ2) is 5.92. The third-order valence-corrected chi connectivity index (χ3v) is 3.88. The monoisotopic (exact) mass is 285 g/mol.